The van der Waals surface area contributed by atoms with Gasteiger partial charge in [0.15, 0.2) is 0 Å². The van der Waals surface area contributed by atoms with Crippen molar-refractivity contribution in [3.8, 4) is 0 Å². The molecule has 0 aromatic heterocycles. The minimum absolute atomic E-state index is 0.222. The summed E-state index contributed by atoms with van der Waals surface area (Å²) in [4.78, 5) is 12.6. The number of nitrogens with two attached hydrogens (primary N) is 1. The first-order valence-electron chi connectivity index (χ1n) is 6.04. The summed E-state index contributed by atoms with van der Waals surface area (Å²) in [5, 5.41) is 3.33. The number of hydrogen-bond donors (Lipinski definition) is 2. The first kappa shape index (κ1) is 15.9. The van der Waals surface area contributed by atoms with Crippen molar-refractivity contribution in [2.45, 2.75) is 6.92 Å². The molecule has 2 aromatic rings. The van der Waals surface area contributed by atoms with Gasteiger partial charge < -0.3 is 11.1 Å². The van der Waals surface area contributed by atoms with Crippen molar-refractivity contribution in [3.63, 3.8) is 0 Å². The van der Waals surface area contributed by atoms with Crippen LogP contribution in [0.15, 0.2) is 40.9 Å². The van der Waals surface area contributed by atoms with Gasteiger partial charge in [-0.25, -0.2) is 0 Å². The molecule has 3 N–H and O–H groups in total. The van der Waals surface area contributed by atoms with Crippen molar-refractivity contribution in [1.29, 1.82) is 0 Å². The molecule has 0 saturated heterocycles. The molecule has 0 saturated carbocycles. The van der Waals surface area contributed by atoms with Crippen LogP contribution in [0.3, 0.4) is 0 Å². The number of hydrogen-bond acceptors (Lipinski definition) is 2. The van der Waals surface area contributed by atoms with Crippen LogP contribution in [-0.4, -0.2) is 10.9 Å². The van der Waals surface area contributed by atoms with Crippen LogP contribution in [0.2, 0.25) is 5.02 Å². The zero-order valence-electron chi connectivity index (χ0n) is 11.1. The summed E-state index contributed by atoms with van der Waals surface area (Å²) < 4.78 is 0.820. The van der Waals surface area contributed by atoms with Crippen LogP contribution >= 0.6 is 39.7 Å². The lowest BCUT2D eigenvalue weighted by atomic mass is 10.1. The molecule has 2 rings (SSSR count). The monoisotopic (exact) mass is 382 g/mol. The fourth-order valence-electron chi connectivity index (χ4n) is 1.90. The molecule has 0 aliphatic carbocycles. The van der Waals surface area contributed by atoms with Crippen LogP contribution in [0.25, 0.3) is 0 Å². The lowest BCUT2D eigenvalue weighted by Gasteiger charge is -2.11. The fraction of sp³-hybridized carbons (Fsp3) is 0.0667. The van der Waals surface area contributed by atoms with Crippen molar-refractivity contribution in [3.05, 3.63) is 62.6 Å². The maximum Gasteiger partial charge on any atom is 0.255 e. The second-order valence-corrected chi connectivity index (χ2v) is 6.32. The number of benzene rings is 2. The van der Waals surface area contributed by atoms with Gasteiger partial charge in [-0.2, -0.15) is 0 Å². The number of amides is 1. The Morgan fingerprint density at radius 3 is 2.62 bits per heavy atom. The van der Waals surface area contributed by atoms with Crippen LogP contribution < -0.4 is 11.1 Å². The van der Waals surface area contributed by atoms with E-state index in [1.54, 1.807) is 30.3 Å². The maximum absolute atomic E-state index is 12.3. The summed E-state index contributed by atoms with van der Waals surface area (Å²) >= 11 is 14.3. The van der Waals surface area contributed by atoms with Crippen molar-refractivity contribution in [2.75, 3.05) is 5.32 Å². The summed E-state index contributed by atoms with van der Waals surface area (Å²) in [5.41, 5.74) is 8.23. The summed E-state index contributed by atoms with van der Waals surface area (Å²) in [5.74, 6) is -0.267. The Balaban J connectivity index is 2.35. The third kappa shape index (κ3) is 4.03. The number of carbonyl (C=O) groups excluding carboxylic acids is 1. The van der Waals surface area contributed by atoms with Gasteiger partial charge >= 0.3 is 0 Å². The largest absolute Gasteiger partial charge is 0.389 e. The van der Waals surface area contributed by atoms with Crippen molar-refractivity contribution < 1.29 is 4.79 Å². The van der Waals surface area contributed by atoms with E-state index in [2.05, 4.69) is 21.2 Å². The first-order valence-corrected chi connectivity index (χ1v) is 7.62. The number of rotatable bonds is 3. The minimum atomic E-state index is -0.267. The van der Waals surface area contributed by atoms with Crippen LogP contribution in [0.1, 0.15) is 21.5 Å². The molecule has 0 atom stereocenters. The van der Waals surface area contributed by atoms with Gasteiger partial charge in [-0.1, -0.05) is 39.7 Å². The normalized spacial score (nSPS) is 10.2. The van der Waals surface area contributed by atoms with Gasteiger partial charge in [0.05, 0.1) is 5.69 Å². The van der Waals surface area contributed by atoms with Gasteiger partial charge in [0.1, 0.15) is 4.99 Å². The summed E-state index contributed by atoms with van der Waals surface area (Å²) in [6.07, 6.45) is 0. The number of anilines is 1. The predicted octanol–water partition coefficient (Wildman–Crippen LogP) is 4.30. The topological polar surface area (TPSA) is 55.1 Å². The highest BCUT2D eigenvalue weighted by Crippen LogP contribution is 2.23. The lowest BCUT2D eigenvalue weighted by Crippen LogP contribution is -2.17. The molecular formula is C15H12BrClN2OS. The van der Waals surface area contributed by atoms with E-state index in [4.69, 9.17) is 29.6 Å². The van der Waals surface area contributed by atoms with E-state index >= 15 is 0 Å². The van der Waals surface area contributed by atoms with E-state index in [0.717, 1.165) is 10.0 Å². The maximum atomic E-state index is 12.3. The molecule has 2 aromatic carbocycles. The quantitative estimate of drug-likeness (QED) is 0.777. The predicted molar refractivity (Wildman–Crippen MR) is 94.2 cm³/mol. The van der Waals surface area contributed by atoms with Crippen molar-refractivity contribution in [2.24, 2.45) is 5.73 Å². The van der Waals surface area contributed by atoms with E-state index in [-0.39, 0.29) is 10.9 Å². The Bertz CT molecular complexity index is 713. The minimum Gasteiger partial charge on any atom is -0.389 e. The molecular weight excluding hydrogens is 372 g/mol. The number of carbonyl (C=O) groups is 1. The highest BCUT2D eigenvalue weighted by Gasteiger charge is 2.12. The number of aryl methyl sites for hydroxylation is 1. The fourth-order valence-corrected chi connectivity index (χ4v) is 2.73. The zero-order valence-corrected chi connectivity index (χ0v) is 14.3. The molecule has 0 radical (unpaired) electrons. The first-order chi connectivity index (χ1) is 9.86. The smallest absolute Gasteiger partial charge is 0.255 e. The Morgan fingerprint density at radius 2 is 2.00 bits per heavy atom. The molecule has 3 nitrogen and oxygen atoms in total. The molecule has 0 spiro atoms. The van der Waals surface area contributed by atoms with Crippen LogP contribution in [0.5, 0.6) is 0 Å². The summed E-state index contributed by atoms with van der Waals surface area (Å²) in [6.45, 7) is 1.88. The zero-order chi connectivity index (χ0) is 15.6. The third-order valence-corrected chi connectivity index (χ3v) is 3.73. The average Bonchev–Trinajstić information content (AvgIpc) is 2.37. The third-order valence-electron chi connectivity index (χ3n) is 2.80. The Labute approximate surface area is 141 Å². The van der Waals surface area contributed by atoms with Crippen molar-refractivity contribution >= 4 is 56.3 Å². The molecule has 0 aliphatic rings. The Hall–Kier alpha value is -1.43. The van der Waals surface area contributed by atoms with Gasteiger partial charge in [-0.3, -0.25) is 4.79 Å². The molecule has 0 fully saturated rings. The molecule has 1 amide bonds. The van der Waals surface area contributed by atoms with Gasteiger partial charge in [0, 0.05) is 20.6 Å². The standard InChI is InChI=1S/C15H12BrClN2OS/c1-8-4-9(6-11(17)5-8)15(20)19-13-7-10(16)2-3-12(13)14(18)21/h2-7H,1H3,(H2,18,21)(H,19,20). The van der Waals surface area contributed by atoms with E-state index in [9.17, 15) is 4.79 Å². The number of nitrogens with one attached hydrogen (secondary N) is 1. The molecule has 0 aliphatic heterocycles. The van der Waals surface area contributed by atoms with Gasteiger partial charge in [0.2, 0.25) is 0 Å². The Morgan fingerprint density at radius 1 is 1.29 bits per heavy atom. The highest BCUT2D eigenvalue weighted by molar-refractivity contribution is 9.10. The van der Waals surface area contributed by atoms with Gasteiger partial charge in [0.25, 0.3) is 5.91 Å². The summed E-state index contributed by atoms with van der Waals surface area (Å²) in [6, 6.07) is 10.5. The van der Waals surface area contributed by atoms with E-state index in [1.165, 1.54) is 0 Å². The van der Waals surface area contributed by atoms with Crippen molar-refractivity contribution in [1.82, 2.24) is 0 Å². The Kier molecular flexibility index (Phi) is 4.98. The molecule has 0 heterocycles. The molecule has 0 bridgehead atoms. The molecule has 6 heteroatoms. The lowest BCUT2D eigenvalue weighted by molar-refractivity contribution is 0.102. The van der Waals surface area contributed by atoms with Gasteiger partial charge in [-0.15, -0.1) is 0 Å². The molecule has 0 unspecified atom stereocenters. The molecule has 21 heavy (non-hydrogen) atoms. The number of halogens is 2. The highest BCUT2D eigenvalue weighted by atomic mass is 79.9. The second kappa shape index (κ2) is 6.56. The second-order valence-electron chi connectivity index (χ2n) is 4.53. The van der Waals surface area contributed by atoms with E-state index < -0.39 is 0 Å². The average molecular weight is 384 g/mol. The van der Waals surface area contributed by atoms with Crippen LogP contribution in [0.4, 0.5) is 5.69 Å². The number of thiocarbonyl (C=S) groups is 1. The van der Waals surface area contributed by atoms with Crippen LogP contribution in [0, 0.1) is 6.92 Å². The van der Waals surface area contributed by atoms with Gasteiger partial charge in [-0.05, 0) is 48.9 Å². The van der Waals surface area contributed by atoms with E-state index in [1.807, 2.05) is 13.0 Å². The van der Waals surface area contributed by atoms with Crippen LogP contribution in [-0.2, 0) is 0 Å². The van der Waals surface area contributed by atoms with E-state index in [0.29, 0.717) is 21.8 Å². The summed E-state index contributed by atoms with van der Waals surface area (Å²) in [7, 11) is 0. The SMILES string of the molecule is Cc1cc(Cl)cc(C(=O)Nc2cc(Br)ccc2C(N)=S)c1. The molecule has 108 valence electrons.